The van der Waals surface area contributed by atoms with E-state index >= 15 is 0 Å². The Morgan fingerprint density at radius 1 is 1.23 bits per heavy atom. The lowest BCUT2D eigenvalue weighted by Gasteiger charge is -2.23. The maximum Gasteiger partial charge on any atom is 0.415 e. The van der Waals surface area contributed by atoms with Crippen LogP contribution in [0.1, 0.15) is 28.5 Å². The minimum absolute atomic E-state index is 0.0445. The summed E-state index contributed by atoms with van der Waals surface area (Å²) in [4.78, 5) is 3.26. The van der Waals surface area contributed by atoms with Crippen molar-refractivity contribution in [2.75, 3.05) is 0 Å². The van der Waals surface area contributed by atoms with Gasteiger partial charge in [-0.25, -0.2) is 4.85 Å². The summed E-state index contributed by atoms with van der Waals surface area (Å²) in [6.07, 6.45) is -7.98. The van der Waals surface area contributed by atoms with Crippen LogP contribution in [0.25, 0.3) is 16.3 Å². The largest absolute Gasteiger partial charge is 0.420 e. The van der Waals surface area contributed by atoms with Crippen LogP contribution in [0.4, 0.5) is 18.9 Å². The summed E-state index contributed by atoms with van der Waals surface area (Å²) in [5, 5.41) is 26.5. The third-order valence-electron chi connectivity index (χ3n) is 4.77. The molecule has 2 atom stereocenters. The van der Waals surface area contributed by atoms with Gasteiger partial charge >= 0.3 is 6.18 Å². The zero-order valence-corrected chi connectivity index (χ0v) is 16.7. The van der Waals surface area contributed by atoms with Crippen LogP contribution in [0.2, 0.25) is 5.02 Å². The number of aliphatic hydroxyl groups is 1. The molecule has 1 heterocycles. The standard InChI is InChI=1S/C21H14ClF3N4O2/c1-11-14(7-8-16(27-2)17(11)22)9-15(18(30)21(23,24)25)20-29-28-19(31-20)13-5-3-12(10-26)4-6-13/h3-8,15,18,30H,9H2,1H3/t15-,18+/m1/s1. The summed E-state index contributed by atoms with van der Waals surface area (Å²) in [5.74, 6) is -2.03. The molecular formula is C21H14ClF3N4O2. The average Bonchev–Trinajstić information content (AvgIpc) is 3.23. The van der Waals surface area contributed by atoms with Gasteiger partial charge in [-0.3, -0.25) is 0 Å². The highest BCUT2D eigenvalue weighted by Gasteiger charge is 2.46. The lowest BCUT2D eigenvalue weighted by atomic mass is 9.91. The van der Waals surface area contributed by atoms with E-state index in [1.807, 2.05) is 6.07 Å². The summed E-state index contributed by atoms with van der Waals surface area (Å²) in [7, 11) is 0. The first-order valence-electron chi connectivity index (χ1n) is 8.89. The molecule has 0 radical (unpaired) electrons. The minimum atomic E-state index is -4.93. The molecule has 3 aromatic rings. The number of nitrogens with zero attached hydrogens (tertiary/aromatic N) is 4. The summed E-state index contributed by atoms with van der Waals surface area (Å²) < 4.78 is 45.6. The minimum Gasteiger partial charge on any atom is -0.420 e. The van der Waals surface area contributed by atoms with Gasteiger partial charge in [0.2, 0.25) is 17.5 Å². The van der Waals surface area contributed by atoms with Crippen LogP contribution in [0.5, 0.6) is 0 Å². The van der Waals surface area contributed by atoms with Crippen molar-refractivity contribution in [3.8, 4) is 17.5 Å². The first kappa shape index (κ1) is 22.3. The molecule has 0 aliphatic rings. The van der Waals surface area contributed by atoms with Crippen molar-refractivity contribution < 1.29 is 22.7 Å². The van der Waals surface area contributed by atoms with Crippen molar-refractivity contribution in [1.29, 1.82) is 5.26 Å². The van der Waals surface area contributed by atoms with Crippen LogP contribution < -0.4 is 0 Å². The van der Waals surface area contributed by atoms with Gasteiger partial charge in [-0.05, 0) is 48.7 Å². The predicted molar refractivity (Wildman–Crippen MR) is 105 cm³/mol. The monoisotopic (exact) mass is 446 g/mol. The van der Waals surface area contributed by atoms with E-state index in [0.717, 1.165) is 0 Å². The van der Waals surface area contributed by atoms with E-state index in [4.69, 9.17) is 27.9 Å². The van der Waals surface area contributed by atoms with Crippen molar-refractivity contribution in [3.63, 3.8) is 0 Å². The molecule has 1 N–H and O–H groups in total. The second-order valence-corrected chi connectivity index (χ2v) is 7.10. The maximum atomic E-state index is 13.4. The molecule has 1 aromatic heterocycles. The van der Waals surface area contributed by atoms with Crippen LogP contribution in [0, 0.1) is 24.8 Å². The van der Waals surface area contributed by atoms with E-state index in [0.29, 0.717) is 22.3 Å². The van der Waals surface area contributed by atoms with Crippen LogP contribution >= 0.6 is 11.6 Å². The molecule has 0 fully saturated rings. The lowest BCUT2D eigenvalue weighted by Crippen LogP contribution is -2.36. The van der Waals surface area contributed by atoms with Gasteiger partial charge in [0, 0.05) is 5.56 Å². The van der Waals surface area contributed by atoms with E-state index in [-0.39, 0.29) is 23.0 Å². The Hall–Kier alpha value is -3.40. The Morgan fingerprint density at radius 3 is 2.48 bits per heavy atom. The number of aromatic nitrogens is 2. The molecule has 0 spiro atoms. The van der Waals surface area contributed by atoms with Crippen LogP contribution in [0.3, 0.4) is 0 Å². The first-order valence-corrected chi connectivity index (χ1v) is 9.27. The molecule has 3 rings (SSSR count). The molecule has 158 valence electrons. The zero-order chi connectivity index (χ0) is 22.8. The normalized spacial score (nSPS) is 13.3. The quantitative estimate of drug-likeness (QED) is 0.532. The Balaban J connectivity index is 1.99. The highest BCUT2D eigenvalue weighted by molar-refractivity contribution is 6.34. The van der Waals surface area contributed by atoms with Gasteiger partial charge in [0.1, 0.15) is 0 Å². The molecule has 0 saturated heterocycles. The number of rotatable bonds is 5. The SMILES string of the molecule is [C-]#[N+]c1ccc(C[C@@H](c2nnc(-c3ccc(C#N)cc3)o2)[C@H](O)C(F)(F)F)c(C)c1Cl. The number of nitriles is 1. The Morgan fingerprint density at radius 2 is 1.90 bits per heavy atom. The third-order valence-corrected chi connectivity index (χ3v) is 5.25. The zero-order valence-electron chi connectivity index (χ0n) is 16.0. The molecule has 2 aromatic carbocycles. The van der Waals surface area contributed by atoms with Crippen molar-refractivity contribution in [3.05, 3.63) is 75.4 Å². The summed E-state index contributed by atoms with van der Waals surface area (Å²) in [6.45, 7) is 8.67. The van der Waals surface area contributed by atoms with Crippen LogP contribution in [0.15, 0.2) is 40.8 Å². The number of hydrogen-bond donors (Lipinski definition) is 1. The van der Waals surface area contributed by atoms with Crippen LogP contribution in [-0.2, 0) is 6.42 Å². The van der Waals surface area contributed by atoms with E-state index in [1.165, 1.54) is 36.4 Å². The Kier molecular flexibility index (Phi) is 6.30. The fourth-order valence-electron chi connectivity index (χ4n) is 3.01. The number of hydrogen-bond acceptors (Lipinski definition) is 5. The second-order valence-electron chi connectivity index (χ2n) is 6.73. The molecule has 31 heavy (non-hydrogen) atoms. The molecule has 10 heteroatoms. The lowest BCUT2D eigenvalue weighted by molar-refractivity contribution is -0.212. The molecule has 0 saturated carbocycles. The fourth-order valence-corrected chi connectivity index (χ4v) is 3.23. The van der Waals surface area contributed by atoms with Gasteiger partial charge in [0.15, 0.2) is 6.10 Å². The first-order chi connectivity index (χ1) is 14.7. The highest BCUT2D eigenvalue weighted by Crippen LogP contribution is 2.37. The number of alkyl halides is 3. The van der Waals surface area contributed by atoms with Gasteiger partial charge in [0.25, 0.3) is 0 Å². The summed E-state index contributed by atoms with van der Waals surface area (Å²) in [6, 6.07) is 10.9. The average molecular weight is 447 g/mol. The van der Waals surface area contributed by atoms with E-state index in [9.17, 15) is 18.3 Å². The van der Waals surface area contributed by atoms with Crippen molar-refractivity contribution >= 4 is 17.3 Å². The van der Waals surface area contributed by atoms with Crippen molar-refractivity contribution in [2.24, 2.45) is 0 Å². The molecule has 0 amide bonds. The third kappa shape index (κ3) is 4.69. The van der Waals surface area contributed by atoms with Crippen LogP contribution in [-0.4, -0.2) is 27.6 Å². The van der Waals surface area contributed by atoms with Gasteiger partial charge in [0.05, 0.1) is 29.1 Å². The maximum absolute atomic E-state index is 13.4. The molecular weight excluding hydrogens is 433 g/mol. The van der Waals surface area contributed by atoms with E-state index in [1.54, 1.807) is 6.92 Å². The highest BCUT2D eigenvalue weighted by atomic mass is 35.5. The summed E-state index contributed by atoms with van der Waals surface area (Å²) in [5.41, 5.74) is 1.82. The van der Waals surface area contributed by atoms with E-state index < -0.39 is 24.1 Å². The summed E-state index contributed by atoms with van der Waals surface area (Å²) >= 11 is 6.13. The number of halogens is 4. The topological polar surface area (TPSA) is 87.3 Å². The predicted octanol–water partition coefficient (Wildman–Crippen LogP) is 5.37. The Labute approximate surface area is 180 Å². The molecule has 0 aliphatic carbocycles. The van der Waals surface area contributed by atoms with Gasteiger partial charge < -0.3 is 9.52 Å². The molecule has 0 aliphatic heterocycles. The smallest absolute Gasteiger partial charge is 0.415 e. The molecule has 6 nitrogen and oxygen atoms in total. The second kappa shape index (κ2) is 8.76. The number of benzene rings is 2. The van der Waals surface area contributed by atoms with E-state index in [2.05, 4.69) is 15.0 Å². The van der Waals surface area contributed by atoms with Crippen molar-refractivity contribution in [2.45, 2.75) is 31.5 Å². The number of aliphatic hydroxyl groups excluding tert-OH is 1. The molecule has 0 bridgehead atoms. The van der Waals surface area contributed by atoms with Gasteiger partial charge in [-0.2, -0.15) is 18.4 Å². The van der Waals surface area contributed by atoms with Gasteiger partial charge in [-0.1, -0.05) is 23.7 Å². The van der Waals surface area contributed by atoms with Gasteiger partial charge in [-0.15, -0.1) is 10.2 Å². The fraction of sp³-hybridized carbons (Fsp3) is 0.238. The Bertz CT molecular complexity index is 1180. The molecule has 0 unspecified atom stereocenters. The van der Waals surface area contributed by atoms with Crippen molar-refractivity contribution in [1.82, 2.24) is 10.2 Å².